The quantitative estimate of drug-likeness (QED) is 0.675. The molecule has 11 heavy (non-hydrogen) atoms. The molecule has 0 aliphatic carbocycles. The summed E-state index contributed by atoms with van der Waals surface area (Å²) in [6.07, 6.45) is 0. The van der Waals surface area contributed by atoms with E-state index in [2.05, 4.69) is 0 Å². The van der Waals surface area contributed by atoms with Crippen LogP contribution < -0.4 is 10.5 Å². The van der Waals surface area contributed by atoms with E-state index in [9.17, 15) is 4.79 Å². The maximum absolute atomic E-state index is 10.9. The lowest BCUT2D eigenvalue weighted by Crippen LogP contribution is -2.30. The molecule has 0 aromatic carbocycles. The van der Waals surface area contributed by atoms with Gasteiger partial charge in [0.15, 0.2) is 0 Å². The van der Waals surface area contributed by atoms with Gasteiger partial charge >= 0.3 is 5.97 Å². The van der Waals surface area contributed by atoms with Crippen LogP contribution in [0.4, 0.5) is 0 Å². The minimum Gasteiger partial charge on any atom is -0.424 e. The molecule has 0 unspecified atom stereocenters. The summed E-state index contributed by atoms with van der Waals surface area (Å²) < 4.78 is 4.86. The fraction of sp³-hybridized carbons (Fsp3) is 0.286. The van der Waals surface area contributed by atoms with Gasteiger partial charge in [-0.3, -0.25) is 0 Å². The molecule has 4 heteroatoms. The summed E-state index contributed by atoms with van der Waals surface area (Å²) in [5.74, 6) is 0.167. The first-order valence-corrected chi connectivity index (χ1v) is 4.14. The van der Waals surface area contributed by atoms with Gasteiger partial charge in [-0.15, -0.1) is 11.3 Å². The Morgan fingerprint density at radius 1 is 1.82 bits per heavy atom. The first-order chi connectivity index (χ1) is 5.20. The van der Waals surface area contributed by atoms with Crippen LogP contribution in [0.3, 0.4) is 0 Å². The van der Waals surface area contributed by atoms with Gasteiger partial charge in [0, 0.05) is 5.38 Å². The first-order valence-electron chi connectivity index (χ1n) is 3.19. The van der Waals surface area contributed by atoms with Crippen molar-refractivity contribution in [2.45, 2.75) is 13.0 Å². The highest BCUT2D eigenvalue weighted by Crippen LogP contribution is 2.14. The Morgan fingerprint density at radius 3 is 3.00 bits per heavy atom. The molecule has 0 spiro atoms. The number of carbonyl (C=O) groups is 1. The molecule has 1 aromatic heterocycles. The van der Waals surface area contributed by atoms with E-state index >= 15 is 0 Å². The molecular weight excluding hydrogens is 162 g/mol. The van der Waals surface area contributed by atoms with Crippen LogP contribution in [0.25, 0.3) is 0 Å². The van der Waals surface area contributed by atoms with Gasteiger partial charge < -0.3 is 10.5 Å². The Morgan fingerprint density at radius 2 is 2.55 bits per heavy atom. The van der Waals surface area contributed by atoms with E-state index in [1.165, 1.54) is 11.3 Å². The predicted molar refractivity (Wildman–Crippen MR) is 43.6 cm³/mol. The average molecular weight is 171 g/mol. The third kappa shape index (κ3) is 2.32. The summed E-state index contributed by atoms with van der Waals surface area (Å²) in [6.45, 7) is 1.59. The zero-order valence-corrected chi connectivity index (χ0v) is 6.93. The third-order valence-corrected chi connectivity index (χ3v) is 1.75. The minimum atomic E-state index is -0.560. The van der Waals surface area contributed by atoms with E-state index in [0.717, 1.165) is 0 Å². The largest absolute Gasteiger partial charge is 0.424 e. The van der Waals surface area contributed by atoms with Crippen molar-refractivity contribution in [2.75, 3.05) is 0 Å². The second-order valence-corrected chi connectivity index (χ2v) is 2.95. The van der Waals surface area contributed by atoms with Crippen molar-refractivity contribution in [3.05, 3.63) is 16.8 Å². The number of thiophene rings is 1. The van der Waals surface area contributed by atoms with Crippen molar-refractivity contribution in [3.8, 4) is 5.75 Å². The molecule has 0 saturated heterocycles. The molecule has 1 atom stereocenters. The van der Waals surface area contributed by atoms with Crippen LogP contribution >= 0.6 is 11.3 Å². The number of hydrogen-bond acceptors (Lipinski definition) is 4. The van der Waals surface area contributed by atoms with Gasteiger partial charge in [-0.2, -0.15) is 0 Å². The maximum atomic E-state index is 10.9. The van der Waals surface area contributed by atoms with E-state index < -0.39 is 12.0 Å². The summed E-state index contributed by atoms with van der Waals surface area (Å²) in [5.41, 5.74) is 5.28. The fourth-order valence-electron chi connectivity index (χ4n) is 0.519. The lowest BCUT2D eigenvalue weighted by atomic mass is 10.4. The molecule has 1 heterocycles. The summed E-state index contributed by atoms with van der Waals surface area (Å²) in [6, 6.07) is 1.17. The van der Waals surface area contributed by atoms with Crippen LogP contribution in [0.5, 0.6) is 5.75 Å². The normalized spacial score (nSPS) is 12.5. The smallest absolute Gasteiger partial charge is 0.328 e. The number of carbonyl (C=O) groups excluding carboxylic acids is 1. The van der Waals surface area contributed by atoms with E-state index in [4.69, 9.17) is 10.5 Å². The van der Waals surface area contributed by atoms with Crippen LogP contribution in [0, 0.1) is 0 Å². The second kappa shape index (κ2) is 3.50. The predicted octanol–water partition coefficient (Wildman–Crippen LogP) is 1.00. The molecule has 0 aliphatic rings. The number of nitrogens with two attached hydrogens (primary N) is 1. The van der Waals surface area contributed by atoms with Gasteiger partial charge in [-0.25, -0.2) is 4.79 Å². The van der Waals surface area contributed by atoms with Gasteiger partial charge in [-0.05, 0) is 18.4 Å². The van der Waals surface area contributed by atoms with Crippen LogP contribution in [0.2, 0.25) is 0 Å². The van der Waals surface area contributed by atoms with Crippen molar-refractivity contribution in [2.24, 2.45) is 5.73 Å². The third-order valence-electron chi connectivity index (χ3n) is 1.09. The summed E-state index contributed by atoms with van der Waals surface area (Å²) in [4.78, 5) is 10.9. The van der Waals surface area contributed by atoms with Gasteiger partial charge in [0.2, 0.25) is 0 Å². The van der Waals surface area contributed by atoms with Crippen molar-refractivity contribution >= 4 is 17.3 Å². The highest BCUT2D eigenvalue weighted by atomic mass is 32.1. The zero-order chi connectivity index (χ0) is 8.27. The van der Waals surface area contributed by atoms with Crippen LogP contribution in [-0.2, 0) is 4.79 Å². The lowest BCUT2D eigenvalue weighted by Gasteiger charge is -2.03. The molecule has 3 nitrogen and oxygen atoms in total. The average Bonchev–Trinajstić information content (AvgIpc) is 2.39. The van der Waals surface area contributed by atoms with Gasteiger partial charge in [0.25, 0.3) is 0 Å². The lowest BCUT2D eigenvalue weighted by molar-refractivity contribution is -0.135. The Labute approximate surface area is 68.8 Å². The Balaban J connectivity index is 2.50. The highest BCUT2D eigenvalue weighted by molar-refractivity contribution is 7.08. The van der Waals surface area contributed by atoms with Gasteiger partial charge in [0.05, 0.1) is 0 Å². The fourth-order valence-corrected chi connectivity index (χ4v) is 1.07. The molecule has 0 radical (unpaired) electrons. The molecule has 0 amide bonds. The summed E-state index contributed by atoms with van der Waals surface area (Å²) >= 11 is 1.48. The van der Waals surface area contributed by atoms with E-state index in [-0.39, 0.29) is 0 Å². The van der Waals surface area contributed by atoms with Gasteiger partial charge in [0.1, 0.15) is 11.8 Å². The van der Waals surface area contributed by atoms with E-state index in [1.54, 1.807) is 18.4 Å². The summed E-state index contributed by atoms with van der Waals surface area (Å²) in [7, 11) is 0. The molecule has 0 bridgehead atoms. The van der Waals surface area contributed by atoms with Crippen molar-refractivity contribution in [1.29, 1.82) is 0 Å². The van der Waals surface area contributed by atoms with Gasteiger partial charge in [-0.1, -0.05) is 0 Å². The standard InChI is InChI=1S/C7H9NO2S/c1-5(8)7(9)10-6-2-3-11-4-6/h2-5H,8H2,1H3/t5-/m0/s1. The maximum Gasteiger partial charge on any atom is 0.328 e. The Hall–Kier alpha value is -0.870. The summed E-state index contributed by atoms with van der Waals surface area (Å²) in [5, 5.41) is 3.59. The van der Waals surface area contributed by atoms with Crippen LogP contribution in [0.1, 0.15) is 6.92 Å². The molecule has 1 rings (SSSR count). The topological polar surface area (TPSA) is 52.3 Å². The SMILES string of the molecule is C[C@H](N)C(=O)Oc1ccsc1. The molecule has 60 valence electrons. The molecular formula is C7H9NO2S. The number of esters is 1. The zero-order valence-electron chi connectivity index (χ0n) is 6.11. The minimum absolute atomic E-state index is 0.400. The molecule has 0 saturated carbocycles. The Bertz CT molecular complexity index is 231. The first kappa shape index (κ1) is 8.23. The molecule has 2 N–H and O–H groups in total. The Kier molecular flexibility index (Phi) is 2.62. The molecule has 0 fully saturated rings. The number of rotatable bonds is 2. The number of hydrogen-bond donors (Lipinski definition) is 1. The van der Waals surface area contributed by atoms with Crippen molar-refractivity contribution in [3.63, 3.8) is 0 Å². The van der Waals surface area contributed by atoms with E-state index in [1.807, 2.05) is 5.38 Å². The van der Waals surface area contributed by atoms with E-state index in [0.29, 0.717) is 5.75 Å². The highest BCUT2D eigenvalue weighted by Gasteiger charge is 2.09. The second-order valence-electron chi connectivity index (χ2n) is 2.17. The monoisotopic (exact) mass is 171 g/mol. The number of ether oxygens (including phenoxy) is 1. The van der Waals surface area contributed by atoms with Crippen molar-refractivity contribution in [1.82, 2.24) is 0 Å². The molecule has 0 aliphatic heterocycles. The van der Waals surface area contributed by atoms with Crippen LogP contribution in [0.15, 0.2) is 16.8 Å². The molecule has 1 aromatic rings. The van der Waals surface area contributed by atoms with Crippen molar-refractivity contribution < 1.29 is 9.53 Å². The van der Waals surface area contributed by atoms with Crippen LogP contribution in [-0.4, -0.2) is 12.0 Å².